The number of aromatic nitrogens is 2. The summed E-state index contributed by atoms with van der Waals surface area (Å²) in [4.78, 5) is 4.39. The largest absolute Gasteiger partial charge is 0.383 e. The van der Waals surface area contributed by atoms with Crippen molar-refractivity contribution in [3.8, 4) is 0 Å². The van der Waals surface area contributed by atoms with Crippen LogP contribution in [0.5, 0.6) is 0 Å². The van der Waals surface area contributed by atoms with E-state index in [2.05, 4.69) is 10.1 Å². The van der Waals surface area contributed by atoms with Gasteiger partial charge in [-0.3, -0.25) is 0 Å². The summed E-state index contributed by atoms with van der Waals surface area (Å²) >= 11 is 0. The zero-order valence-electron chi connectivity index (χ0n) is 10.8. The summed E-state index contributed by atoms with van der Waals surface area (Å²) in [7, 11) is 1.62. The summed E-state index contributed by atoms with van der Waals surface area (Å²) in [6.07, 6.45) is 6.49. The molecule has 3 rings (SSSR count). The molecular weight excluding hydrogens is 230 g/mol. The third-order valence-electron chi connectivity index (χ3n) is 4.48. The highest BCUT2D eigenvalue weighted by atomic mass is 16.5. The Morgan fingerprint density at radius 2 is 2.33 bits per heavy atom. The number of fused-ring (bicyclic) bond motifs is 2. The molecule has 1 heterocycles. The lowest BCUT2D eigenvalue weighted by atomic mass is 9.86. The Morgan fingerprint density at radius 3 is 3.00 bits per heavy atom. The zero-order chi connectivity index (χ0) is 12.5. The van der Waals surface area contributed by atoms with Gasteiger partial charge in [0.25, 0.3) is 0 Å². The van der Waals surface area contributed by atoms with Crippen LogP contribution in [0.3, 0.4) is 0 Å². The van der Waals surface area contributed by atoms with Crippen LogP contribution in [0.4, 0.5) is 0 Å². The van der Waals surface area contributed by atoms with Crippen molar-refractivity contribution in [2.24, 2.45) is 23.5 Å². The average molecular weight is 251 g/mol. The number of methoxy groups -OCH3 is 1. The van der Waals surface area contributed by atoms with Crippen molar-refractivity contribution < 1.29 is 9.26 Å². The van der Waals surface area contributed by atoms with Gasteiger partial charge >= 0.3 is 0 Å². The molecule has 1 aromatic heterocycles. The molecule has 0 saturated heterocycles. The molecule has 0 aromatic carbocycles. The second kappa shape index (κ2) is 4.97. The van der Waals surface area contributed by atoms with Crippen molar-refractivity contribution in [3.63, 3.8) is 0 Å². The van der Waals surface area contributed by atoms with Crippen LogP contribution >= 0.6 is 0 Å². The van der Waals surface area contributed by atoms with E-state index >= 15 is 0 Å². The van der Waals surface area contributed by atoms with Gasteiger partial charge in [0.15, 0.2) is 5.82 Å². The molecule has 2 N–H and O–H groups in total. The zero-order valence-corrected chi connectivity index (χ0v) is 10.8. The molecule has 1 aromatic rings. The fourth-order valence-corrected chi connectivity index (χ4v) is 3.61. The van der Waals surface area contributed by atoms with Gasteiger partial charge in [-0.05, 0) is 37.0 Å². The minimum absolute atomic E-state index is 0.285. The maximum absolute atomic E-state index is 5.88. The highest BCUT2D eigenvalue weighted by Crippen LogP contribution is 2.49. The fraction of sp³-hybridized carbons (Fsp3) is 0.846. The average Bonchev–Trinajstić information content (AvgIpc) is 3.04. The minimum atomic E-state index is -0.285. The summed E-state index contributed by atoms with van der Waals surface area (Å²) in [5, 5.41) is 3.95. The summed E-state index contributed by atoms with van der Waals surface area (Å²) in [5.41, 5.74) is 5.88. The Balaban J connectivity index is 1.60. The Hall–Kier alpha value is -0.940. The van der Waals surface area contributed by atoms with E-state index < -0.39 is 0 Å². The highest BCUT2D eigenvalue weighted by molar-refractivity contribution is 4.97. The normalized spacial score (nSPS) is 32.0. The monoisotopic (exact) mass is 251 g/mol. The molecule has 2 aliphatic carbocycles. The fourth-order valence-electron chi connectivity index (χ4n) is 3.61. The van der Waals surface area contributed by atoms with Crippen LogP contribution in [0.15, 0.2) is 4.52 Å². The standard InChI is InChI=1S/C13H21N3O2/c1-17-7-11(14)13-15-12(18-16-13)6-10-5-8-2-3-9(10)4-8/h8-11H,2-7,14H2,1H3. The quantitative estimate of drug-likeness (QED) is 0.862. The predicted molar refractivity (Wildman–Crippen MR) is 65.7 cm³/mol. The second-order valence-electron chi connectivity index (χ2n) is 5.75. The molecule has 0 spiro atoms. The first kappa shape index (κ1) is 12.1. The second-order valence-corrected chi connectivity index (χ2v) is 5.75. The number of hydrogen-bond acceptors (Lipinski definition) is 5. The molecule has 5 nitrogen and oxygen atoms in total. The summed E-state index contributed by atoms with van der Waals surface area (Å²) in [6.45, 7) is 0.424. The van der Waals surface area contributed by atoms with Crippen LogP contribution in [0.2, 0.25) is 0 Å². The van der Waals surface area contributed by atoms with E-state index in [1.165, 1.54) is 25.7 Å². The van der Waals surface area contributed by atoms with E-state index in [0.717, 1.165) is 30.1 Å². The van der Waals surface area contributed by atoms with Crippen molar-refractivity contribution in [3.05, 3.63) is 11.7 Å². The molecule has 2 saturated carbocycles. The van der Waals surface area contributed by atoms with Crippen LogP contribution in [0, 0.1) is 17.8 Å². The lowest BCUT2D eigenvalue weighted by Crippen LogP contribution is -2.18. The molecule has 5 heteroatoms. The lowest BCUT2D eigenvalue weighted by molar-refractivity contribution is 0.177. The Kier molecular flexibility index (Phi) is 3.35. The molecule has 0 aliphatic heterocycles. The van der Waals surface area contributed by atoms with Gasteiger partial charge in [-0.1, -0.05) is 11.6 Å². The van der Waals surface area contributed by atoms with E-state index in [-0.39, 0.29) is 6.04 Å². The molecule has 100 valence electrons. The number of nitrogens with two attached hydrogens (primary N) is 1. The van der Waals surface area contributed by atoms with Crippen molar-refractivity contribution in [1.82, 2.24) is 10.1 Å². The SMILES string of the molecule is COCC(N)c1noc(CC2CC3CCC2C3)n1. The first-order chi connectivity index (χ1) is 8.76. The lowest BCUT2D eigenvalue weighted by Gasteiger charge is -2.19. The van der Waals surface area contributed by atoms with Crippen molar-refractivity contribution in [2.75, 3.05) is 13.7 Å². The van der Waals surface area contributed by atoms with Gasteiger partial charge in [-0.15, -0.1) is 0 Å². The molecular formula is C13H21N3O2. The van der Waals surface area contributed by atoms with Gasteiger partial charge in [-0.25, -0.2) is 0 Å². The Labute approximate surface area is 107 Å². The van der Waals surface area contributed by atoms with Gasteiger partial charge in [0.2, 0.25) is 5.89 Å². The molecule has 18 heavy (non-hydrogen) atoms. The topological polar surface area (TPSA) is 74.2 Å². The van der Waals surface area contributed by atoms with Crippen LogP contribution in [-0.4, -0.2) is 23.9 Å². The molecule has 2 fully saturated rings. The van der Waals surface area contributed by atoms with Gasteiger partial charge in [-0.2, -0.15) is 4.98 Å². The maximum atomic E-state index is 5.88. The molecule has 2 aliphatic rings. The van der Waals surface area contributed by atoms with Crippen molar-refractivity contribution in [1.29, 1.82) is 0 Å². The van der Waals surface area contributed by atoms with E-state index in [9.17, 15) is 0 Å². The van der Waals surface area contributed by atoms with Crippen LogP contribution < -0.4 is 5.73 Å². The summed E-state index contributed by atoms with van der Waals surface area (Å²) in [5.74, 6) is 3.90. The van der Waals surface area contributed by atoms with Gasteiger partial charge in [0, 0.05) is 13.5 Å². The molecule has 4 unspecified atom stereocenters. The third kappa shape index (κ3) is 2.29. The Morgan fingerprint density at radius 1 is 1.44 bits per heavy atom. The van der Waals surface area contributed by atoms with Crippen LogP contribution in [-0.2, 0) is 11.2 Å². The molecule has 2 bridgehead atoms. The van der Waals surface area contributed by atoms with E-state index in [0.29, 0.717) is 12.4 Å². The van der Waals surface area contributed by atoms with Crippen LogP contribution in [0.1, 0.15) is 43.4 Å². The predicted octanol–water partition coefficient (Wildman–Crippen LogP) is 1.69. The van der Waals surface area contributed by atoms with Gasteiger partial charge in [0.05, 0.1) is 12.6 Å². The number of hydrogen-bond donors (Lipinski definition) is 1. The van der Waals surface area contributed by atoms with E-state index in [1.807, 2.05) is 0 Å². The minimum Gasteiger partial charge on any atom is -0.383 e. The van der Waals surface area contributed by atoms with Crippen molar-refractivity contribution in [2.45, 2.75) is 38.1 Å². The first-order valence-electron chi connectivity index (χ1n) is 6.83. The first-order valence-corrected chi connectivity index (χ1v) is 6.83. The Bertz CT molecular complexity index is 407. The highest BCUT2D eigenvalue weighted by Gasteiger charge is 2.40. The molecule has 4 atom stereocenters. The molecule has 0 radical (unpaired) electrons. The smallest absolute Gasteiger partial charge is 0.226 e. The summed E-state index contributed by atoms with van der Waals surface area (Å²) < 4.78 is 10.3. The third-order valence-corrected chi connectivity index (χ3v) is 4.48. The molecule has 0 amide bonds. The van der Waals surface area contributed by atoms with E-state index in [4.69, 9.17) is 15.0 Å². The summed E-state index contributed by atoms with van der Waals surface area (Å²) in [6, 6.07) is -0.285. The maximum Gasteiger partial charge on any atom is 0.226 e. The number of ether oxygens (including phenoxy) is 1. The number of rotatable bonds is 5. The van der Waals surface area contributed by atoms with E-state index in [1.54, 1.807) is 7.11 Å². The number of nitrogens with zero attached hydrogens (tertiary/aromatic N) is 2. The van der Waals surface area contributed by atoms with Gasteiger partial charge in [0.1, 0.15) is 0 Å². The van der Waals surface area contributed by atoms with Crippen LogP contribution in [0.25, 0.3) is 0 Å². The van der Waals surface area contributed by atoms with Crippen molar-refractivity contribution >= 4 is 0 Å². The van der Waals surface area contributed by atoms with Gasteiger partial charge < -0.3 is 15.0 Å².